The number of para-hydroxylation sites is 1. The summed E-state index contributed by atoms with van der Waals surface area (Å²) in [5.74, 6) is 0.366. The van der Waals surface area contributed by atoms with E-state index >= 15 is 0 Å². The molecule has 1 aliphatic rings. The third kappa shape index (κ3) is 2.79. The van der Waals surface area contributed by atoms with E-state index in [4.69, 9.17) is 0 Å². The predicted molar refractivity (Wildman–Crippen MR) is 69.1 cm³/mol. The van der Waals surface area contributed by atoms with Gasteiger partial charge in [-0.15, -0.1) is 0 Å². The molecule has 0 amide bonds. The standard InChI is InChI=1S/C14H21NO2/c1-11(17)13-6-2-3-7-14(13)15-8-4-5-12(9-15)10-16/h2-3,6-7,11-12,16-17H,4-5,8-10H2,1H3. The van der Waals surface area contributed by atoms with Crippen molar-refractivity contribution in [1.29, 1.82) is 0 Å². The maximum atomic E-state index is 9.78. The largest absolute Gasteiger partial charge is 0.396 e. The van der Waals surface area contributed by atoms with E-state index in [1.807, 2.05) is 18.2 Å². The van der Waals surface area contributed by atoms with Crippen molar-refractivity contribution in [2.75, 3.05) is 24.6 Å². The molecule has 0 bridgehead atoms. The van der Waals surface area contributed by atoms with Crippen molar-refractivity contribution in [3.63, 3.8) is 0 Å². The minimum Gasteiger partial charge on any atom is -0.396 e. The van der Waals surface area contributed by atoms with Crippen molar-refractivity contribution in [2.45, 2.75) is 25.9 Å². The van der Waals surface area contributed by atoms with Gasteiger partial charge in [0.2, 0.25) is 0 Å². The highest BCUT2D eigenvalue weighted by molar-refractivity contribution is 5.54. The fraction of sp³-hybridized carbons (Fsp3) is 0.571. The van der Waals surface area contributed by atoms with E-state index in [0.717, 1.165) is 37.2 Å². The molecule has 1 fully saturated rings. The normalized spacial score (nSPS) is 22.5. The van der Waals surface area contributed by atoms with Crippen molar-refractivity contribution in [1.82, 2.24) is 0 Å². The molecule has 2 unspecified atom stereocenters. The topological polar surface area (TPSA) is 43.7 Å². The van der Waals surface area contributed by atoms with Crippen LogP contribution in [0.25, 0.3) is 0 Å². The van der Waals surface area contributed by atoms with Crippen molar-refractivity contribution in [2.24, 2.45) is 5.92 Å². The van der Waals surface area contributed by atoms with Gasteiger partial charge in [0.15, 0.2) is 0 Å². The first-order chi connectivity index (χ1) is 8.22. The molecule has 0 saturated carbocycles. The SMILES string of the molecule is CC(O)c1ccccc1N1CCCC(CO)C1. The number of aliphatic hydroxyl groups excluding tert-OH is 2. The summed E-state index contributed by atoms with van der Waals surface area (Å²) in [7, 11) is 0. The van der Waals surface area contributed by atoms with Gasteiger partial charge in [-0.1, -0.05) is 18.2 Å². The number of hydrogen-bond donors (Lipinski definition) is 2. The van der Waals surface area contributed by atoms with Gasteiger partial charge in [-0.25, -0.2) is 0 Å². The second-order valence-corrected chi connectivity index (χ2v) is 4.87. The molecule has 2 atom stereocenters. The third-order valence-electron chi connectivity index (χ3n) is 3.50. The Hall–Kier alpha value is -1.06. The Bertz CT molecular complexity index is 365. The van der Waals surface area contributed by atoms with E-state index in [1.165, 1.54) is 0 Å². The lowest BCUT2D eigenvalue weighted by Crippen LogP contribution is -2.37. The van der Waals surface area contributed by atoms with Crippen molar-refractivity contribution in [3.05, 3.63) is 29.8 Å². The van der Waals surface area contributed by atoms with Gasteiger partial charge < -0.3 is 15.1 Å². The highest BCUT2D eigenvalue weighted by Crippen LogP contribution is 2.29. The first kappa shape index (κ1) is 12.4. The lowest BCUT2D eigenvalue weighted by molar-refractivity contribution is 0.197. The average molecular weight is 235 g/mol. The van der Waals surface area contributed by atoms with Crippen molar-refractivity contribution < 1.29 is 10.2 Å². The molecule has 1 saturated heterocycles. The molecule has 1 heterocycles. The maximum absolute atomic E-state index is 9.78. The van der Waals surface area contributed by atoms with Gasteiger partial charge >= 0.3 is 0 Å². The van der Waals surface area contributed by atoms with Crippen LogP contribution < -0.4 is 4.90 Å². The van der Waals surface area contributed by atoms with Crippen molar-refractivity contribution in [3.8, 4) is 0 Å². The number of anilines is 1. The first-order valence-corrected chi connectivity index (χ1v) is 6.35. The maximum Gasteiger partial charge on any atom is 0.0781 e. The molecular weight excluding hydrogens is 214 g/mol. The summed E-state index contributed by atoms with van der Waals surface area (Å²) in [4.78, 5) is 2.28. The number of piperidine rings is 1. The molecule has 0 aliphatic carbocycles. The minimum atomic E-state index is -0.444. The number of nitrogens with zero attached hydrogens (tertiary/aromatic N) is 1. The van der Waals surface area contributed by atoms with E-state index < -0.39 is 6.10 Å². The summed E-state index contributed by atoms with van der Waals surface area (Å²) in [6, 6.07) is 7.99. The van der Waals surface area contributed by atoms with Crippen LogP contribution in [0.15, 0.2) is 24.3 Å². The van der Waals surface area contributed by atoms with E-state index in [0.29, 0.717) is 5.92 Å². The van der Waals surface area contributed by atoms with Gasteiger partial charge in [-0.3, -0.25) is 0 Å². The van der Waals surface area contributed by atoms with Gasteiger partial charge in [0.05, 0.1) is 6.10 Å². The number of rotatable bonds is 3. The smallest absolute Gasteiger partial charge is 0.0781 e. The fourth-order valence-corrected chi connectivity index (χ4v) is 2.56. The Labute approximate surface area is 103 Å². The molecule has 2 N–H and O–H groups in total. The van der Waals surface area contributed by atoms with Gasteiger partial charge in [0.1, 0.15) is 0 Å². The molecular formula is C14H21NO2. The second-order valence-electron chi connectivity index (χ2n) is 4.87. The Morgan fingerprint density at radius 2 is 2.18 bits per heavy atom. The van der Waals surface area contributed by atoms with Crippen LogP contribution in [0, 0.1) is 5.92 Å². The quantitative estimate of drug-likeness (QED) is 0.841. The Kier molecular flexibility index (Phi) is 4.02. The lowest BCUT2D eigenvalue weighted by Gasteiger charge is -2.35. The van der Waals surface area contributed by atoms with E-state index in [2.05, 4.69) is 11.0 Å². The van der Waals surface area contributed by atoms with Crippen LogP contribution in [-0.4, -0.2) is 29.9 Å². The molecule has 2 rings (SSSR count). The van der Waals surface area contributed by atoms with Gasteiger partial charge in [-0.05, 0) is 31.7 Å². The summed E-state index contributed by atoms with van der Waals surface area (Å²) < 4.78 is 0. The fourth-order valence-electron chi connectivity index (χ4n) is 2.56. The van der Waals surface area contributed by atoms with E-state index in [1.54, 1.807) is 6.92 Å². The molecule has 1 aromatic rings. The molecule has 0 radical (unpaired) electrons. The van der Waals surface area contributed by atoms with Crippen LogP contribution in [-0.2, 0) is 0 Å². The molecule has 3 nitrogen and oxygen atoms in total. The lowest BCUT2D eigenvalue weighted by atomic mass is 9.97. The highest BCUT2D eigenvalue weighted by atomic mass is 16.3. The van der Waals surface area contributed by atoms with Gasteiger partial charge in [0, 0.05) is 30.9 Å². The van der Waals surface area contributed by atoms with E-state index in [-0.39, 0.29) is 6.61 Å². The zero-order valence-electron chi connectivity index (χ0n) is 10.3. The van der Waals surface area contributed by atoms with Crippen LogP contribution >= 0.6 is 0 Å². The summed E-state index contributed by atoms with van der Waals surface area (Å²) in [6.07, 6.45) is 1.77. The van der Waals surface area contributed by atoms with E-state index in [9.17, 15) is 10.2 Å². The number of hydrogen-bond acceptors (Lipinski definition) is 3. The minimum absolute atomic E-state index is 0.257. The Morgan fingerprint density at radius 1 is 1.41 bits per heavy atom. The number of aliphatic hydroxyl groups is 2. The molecule has 1 aromatic carbocycles. The predicted octanol–water partition coefficient (Wildman–Crippen LogP) is 1.95. The van der Waals surface area contributed by atoms with Gasteiger partial charge in [0.25, 0.3) is 0 Å². The van der Waals surface area contributed by atoms with Crippen LogP contribution in [0.3, 0.4) is 0 Å². The summed E-state index contributed by atoms with van der Waals surface area (Å²) >= 11 is 0. The highest BCUT2D eigenvalue weighted by Gasteiger charge is 2.21. The summed E-state index contributed by atoms with van der Waals surface area (Å²) in [5.41, 5.74) is 2.09. The molecule has 0 aromatic heterocycles. The zero-order chi connectivity index (χ0) is 12.3. The second kappa shape index (κ2) is 5.52. The van der Waals surface area contributed by atoms with Crippen LogP contribution in [0.4, 0.5) is 5.69 Å². The average Bonchev–Trinajstić information content (AvgIpc) is 2.39. The van der Waals surface area contributed by atoms with Crippen LogP contribution in [0.1, 0.15) is 31.4 Å². The Balaban J connectivity index is 2.21. The molecule has 3 heteroatoms. The monoisotopic (exact) mass is 235 g/mol. The first-order valence-electron chi connectivity index (χ1n) is 6.35. The van der Waals surface area contributed by atoms with Crippen LogP contribution in [0.2, 0.25) is 0 Å². The van der Waals surface area contributed by atoms with Crippen molar-refractivity contribution >= 4 is 5.69 Å². The van der Waals surface area contributed by atoms with Gasteiger partial charge in [-0.2, -0.15) is 0 Å². The molecule has 1 aliphatic heterocycles. The third-order valence-corrected chi connectivity index (χ3v) is 3.50. The summed E-state index contributed by atoms with van der Waals surface area (Å²) in [5, 5.41) is 19.0. The zero-order valence-corrected chi connectivity index (χ0v) is 10.3. The summed E-state index contributed by atoms with van der Waals surface area (Å²) in [6.45, 7) is 3.96. The molecule has 94 valence electrons. The molecule has 0 spiro atoms. The molecule has 17 heavy (non-hydrogen) atoms. The Morgan fingerprint density at radius 3 is 2.88 bits per heavy atom. The number of benzene rings is 1. The van der Waals surface area contributed by atoms with Crippen LogP contribution in [0.5, 0.6) is 0 Å².